The Balaban J connectivity index is -0.000000244. The van der Waals surface area contributed by atoms with Crippen LogP contribution in [0, 0.1) is 0 Å². The van der Waals surface area contributed by atoms with Crippen molar-refractivity contribution in [3.05, 3.63) is 0 Å². The van der Waals surface area contributed by atoms with Crippen LogP contribution >= 0.6 is 0 Å². The Bertz CT molecular complexity index is 203. The maximum absolute atomic E-state index is 9.90. The van der Waals surface area contributed by atoms with E-state index in [0.717, 1.165) is 0 Å². The van der Waals surface area contributed by atoms with E-state index in [2.05, 4.69) is 0 Å². The third-order valence-electron chi connectivity index (χ3n) is 1.56. The lowest BCUT2D eigenvalue weighted by atomic mass is 10.2. The molecule has 0 heterocycles. The first-order chi connectivity index (χ1) is 9.17. The van der Waals surface area contributed by atoms with Crippen LogP contribution in [0.5, 0.6) is 0 Å². The molecule has 20 heavy (non-hydrogen) atoms. The molecule has 0 aliphatic heterocycles. The van der Waals surface area contributed by atoms with Gasteiger partial charge in [0.25, 0.3) is 0 Å². The highest BCUT2D eigenvalue weighted by Gasteiger charge is 1.99. The van der Waals surface area contributed by atoms with Crippen LogP contribution in [0.15, 0.2) is 0 Å². The van der Waals surface area contributed by atoms with Crippen molar-refractivity contribution >= 4 is 11.9 Å². The van der Waals surface area contributed by atoms with E-state index in [0.29, 0.717) is 12.8 Å². The second kappa shape index (κ2) is 17.8. The summed E-state index contributed by atoms with van der Waals surface area (Å²) in [4.78, 5) is 19.8. The Kier molecular flexibility index (Phi) is 21.2. The van der Waals surface area contributed by atoms with Crippen LogP contribution in [0.2, 0.25) is 0 Å². The fourth-order valence-corrected chi connectivity index (χ4v) is 0.552. The van der Waals surface area contributed by atoms with Gasteiger partial charge in [-0.2, -0.15) is 0 Å². The van der Waals surface area contributed by atoms with Gasteiger partial charge in [-0.25, -0.2) is 0 Å². The maximum atomic E-state index is 9.90. The van der Waals surface area contributed by atoms with E-state index in [9.17, 15) is 9.59 Å². The van der Waals surface area contributed by atoms with Crippen molar-refractivity contribution in [2.24, 2.45) is 0 Å². The molecule has 0 aliphatic rings. The standard InChI is InChI=1S/C6H10O4.2C3H8O2/c7-5(8)3-1-2-4-6(9)10;2*1-3(5)2-4/h1-4H2,(H,7,8)(H,9,10);2*3-5H,2H2,1H3. The van der Waals surface area contributed by atoms with E-state index >= 15 is 0 Å². The summed E-state index contributed by atoms with van der Waals surface area (Å²) < 4.78 is 0. The molecule has 2 unspecified atom stereocenters. The molecule has 122 valence electrons. The quantitative estimate of drug-likeness (QED) is 0.341. The normalized spacial score (nSPS) is 12.1. The lowest BCUT2D eigenvalue weighted by Crippen LogP contribution is -2.03. The SMILES string of the molecule is CC(O)CO.CC(O)CO.O=C(O)CCCCC(=O)O. The second-order valence-electron chi connectivity index (χ2n) is 4.06. The van der Waals surface area contributed by atoms with E-state index < -0.39 is 24.1 Å². The Morgan fingerprint density at radius 2 is 1.00 bits per heavy atom. The molecule has 0 aliphatic carbocycles. The molecule has 0 aromatic carbocycles. The summed E-state index contributed by atoms with van der Waals surface area (Å²) in [5, 5.41) is 48.3. The predicted octanol–water partition coefficient (Wildman–Crippen LogP) is -0.565. The van der Waals surface area contributed by atoms with Gasteiger partial charge < -0.3 is 30.6 Å². The molecule has 0 aromatic rings. The largest absolute Gasteiger partial charge is 0.481 e. The maximum Gasteiger partial charge on any atom is 0.303 e. The fourth-order valence-electron chi connectivity index (χ4n) is 0.552. The summed E-state index contributed by atoms with van der Waals surface area (Å²) in [6.07, 6.45) is -0.103. The van der Waals surface area contributed by atoms with Crippen molar-refractivity contribution in [2.75, 3.05) is 13.2 Å². The molecule has 0 fully saturated rings. The molecule has 0 saturated carbocycles. The molecular weight excluding hydrogens is 272 g/mol. The van der Waals surface area contributed by atoms with Crippen molar-refractivity contribution in [3.63, 3.8) is 0 Å². The van der Waals surface area contributed by atoms with E-state index in [-0.39, 0.29) is 26.1 Å². The van der Waals surface area contributed by atoms with Gasteiger partial charge in [-0.05, 0) is 26.7 Å². The Labute approximate surface area is 118 Å². The van der Waals surface area contributed by atoms with Gasteiger partial charge in [0.2, 0.25) is 0 Å². The number of hydrogen-bond acceptors (Lipinski definition) is 6. The van der Waals surface area contributed by atoms with Crippen LogP contribution in [0.25, 0.3) is 0 Å². The highest BCUT2D eigenvalue weighted by Crippen LogP contribution is 1.98. The summed E-state index contributed by atoms with van der Waals surface area (Å²) in [7, 11) is 0. The first kappa shape index (κ1) is 23.8. The van der Waals surface area contributed by atoms with Gasteiger partial charge in [0.05, 0.1) is 25.4 Å². The van der Waals surface area contributed by atoms with Crippen molar-refractivity contribution in [3.8, 4) is 0 Å². The number of carbonyl (C=O) groups is 2. The first-order valence-electron chi connectivity index (χ1n) is 6.18. The zero-order valence-electron chi connectivity index (χ0n) is 11.9. The van der Waals surface area contributed by atoms with Crippen molar-refractivity contribution < 1.29 is 40.2 Å². The van der Waals surface area contributed by atoms with Gasteiger partial charge in [0.15, 0.2) is 0 Å². The lowest BCUT2D eigenvalue weighted by molar-refractivity contribution is -0.139. The topological polar surface area (TPSA) is 156 Å². The molecule has 6 N–H and O–H groups in total. The molecule has 8 heteroatoms. The fraction of sp³-hybridized carbons (Fsp3) is 0.833. The van der Waals surface area contributed by atoms with Gasteiger partial charge in [-0.1, -0.05) is 0 Å². The van der Waals surface area contributed by atoms with Gasteiger partial charge in [-0.15, -0.1) is 0 Å². The highest BCUT2D eigenvalue weighted by molar-refractivity contribution is 5.67. The summed E-state index contributed by atoms with van der Waals surface area (Å²) >= 11 is 0. The molecule has 8 nitrogen and oxygen atoms in total. The van der Waals surface area contributed by atoms with Crippen LogP contribution in [-0.2, 0) is 9.59 Å². The third-order valence-corrected chi connectivity index (χ3v) is 1.56. The van der Waals surface area contributed by atoms with Crippen LogP contribution in [0.1, 0.15) is 39.5 Å². The number of carboxylic acid groups (broad SMARTS) is 2. The molecule has 0 bridgehead atoms. The highest BCUT2D eigenvalue weighted by atomic mass is 16.4. The first-order valence-corrected chi connectivity index (χ1v) is 6.18. The minimum Gasteiger partial charge on any atom is -0.481 e. The number of rotatable bonds is 7. The molecule has 0 radical (unpaired) electrons. The Hall–Kier alpha value is -1.22. The summed E-state index contributed by atoms with van der Waals surface area (Å²) in [5.41, 5.74) is 0. The van der Waals surface area contributed by atoms with Gasteiger partial charge >= 0.3 is 11.9 Å². The molecule has 0 saturated heterocycles. The summed E-state index contributed by atoms with van der Waals surface area (Å²) in [6.45, 7) is 2.78. The summed E-state index contributed by atoms with van der Waals surface area (Å²) in [5.74, 6) is -1.74. The average Bonchev–Trinajstić information content (AvgIpc) is 2.35. The molecule has 0 spiro atoms. The predicted molar refractivity (Wildman–Crippen MR) is 71.3 cm³/mol. The zero-order chi connectivity index (χ0) is 16.6. The van der Waals surface area contributed by atoms with E-state index in [1.165, 1.54) is 13.8 Å². The van der Waals surface area contributed by atoms with Crippen LogP contribution in [-0.4, -0.2) is 68.0 Å². The second-order valence-corrected chi connectivity index (χ2v) is 4.06. The van der Waals surface area contributed by atoms with Crippen molar-refractivity contribution in [2.45, 2.75) is 51.7 Å². The van der Waals surface area contributed by atoms with Crippen LogP contribution in [0.4, 0.5) is 0 Å². The van der Waals surface area contributed by atoms with Crippen molar-refractivity contribution in [1.82, 2.24) is 0 Å². The van der Waals surface area contributed by atoms with Crippen LogP contribution in [0.3, 0.4) is 0 Å². The number of hydrogen-bond donors (Lipinski definition) is 6. The zero-order valence-corrected chi connectivity index (χ0v) is 11.9. The number of aliphatic hydroxyl groups excluding tert-OH is 4. The van der Waals surface area contributed by atoms with E-state index in [1.54, 1.807) is 0 Å². The molecular formula is C12H26O8. The number of carboxylic acids is 2. The third kappa shape index (κ3) is 43.7. The molecule has 2 atom stereocenters. The lowest BCUT2D eigenvalue weighted by Gasteiger charge is -1.92. The average molecular weight is 298 g/mol. The monoisotopic (exact) mass is 298 g/mol. The number of aliphatic hydroxyl groups is 4. The van der Waals surface area contributed by atoms with E-state index in [1.807, 2.05) is 0 Å². The molecule has 0 aromatic heterocycles. The van der Waals surface area contributed by atoms with Gasteiger partial charge in [0.1, 0.15) is 0 Å². The van der Waals surface area contributed by atoms with Crippen LogP contribution < -0.4 is 0 Å². The minimum atomic E-state index is -0.870. The molecule has 0 amide bonds. The van der Waals surface area contributed by atoms with Crippen molar-refractivity contribution in [1.29, 1.82) is 0 Å². The Morgan fingerprint density at radius 1 is 0.800 bits per heavy atom. The van der Waals surface area contributed by atoms with Gasteiger partial charge in [0, 0.05) is 12.8 Å². The van der Waals surface area contributed by atoms with Gasteiger partial charge in [-0.3, -0.25) is 9.59 Å². The van der Waals surface area contributed by atoms with E-state index in [4.69, 9.17) is 30.6 Å². The minimum absolute atomic E-state index is 0.0628. The molecule has 0 rings (SSSR count). The summed E-state index contributed by atoms with van der Waals surface area (Å²) in [6, 6.07) is 0. The number of unbranched alkanes of at least 4 members (excludes halogenated alkanes) is 1. The smallest absolute Gasteiger partial charge is 0.303 e. The Morgan fingerprint density at radius 3 is 1.10 bits per heavy atom. The number of aliphatic carboxylic acids is 2.